The molecule has 15 heavy (non-hydrogen) atoms. The van der Waals surface area contributed by atoms with Crippen LogP contribution in [0.15, 0.2) is 18.2 Å². The van der Waals surface area contributed by atoms with Gasteiger partial charge in [-0.2, -0.15) is 0 Å². The minimum atomic E-state index is 0.149. The van der Waals surface area contributed by atoms with Crippen LogP contribution in [0.5, 0.6) is 0 Å². The molecule has 1 saturated heterocycles. The highest BCUT2D eigenvalue weighted by atomic mass is 35.5. The van der Waals surface area contributed by atoms with E-state index in [1.165, 1.54) is 0 Å². The Morgan fingerprint density at radius 1 is 1.33 bits per heavy atom. The van der Waals surface area contributed by atoms with Crippen LogP contribution in [0.2, 0.25) is 10.0 Å². The van der Waals surface area contributed by atoms with Gasteiger partial charge in [-0.3, -0.25) is 4.79 Å². The van der Waals surface area contributed by atoms with Crippen molar-refractivity contribution in [2.45, 2.75) is 6.54 Å². The van der Waals surface area contributed by atoms with Crippen LogP contribution in [0, 0.1) is 0 Å². The third kappa shape index (κ3) is 2.41. The van der Waals surface area contributed by atoms with Gasteiger partial charge in [-0.25, -0.2) is 0 Å². The number of amides is 1. The van der Waals surface area contributed by atoms with Crippen molar-refractivity contribution >= 4 is 40.9 Å². The molecule has 2 nitrogen and oxygen atoms in total. The molecule has 1 aliphatic heterocycles. The summed E-state index contributed by atoms with van der Waals surface area (Å²) in [7, 11) is 0. The second-order valence-electron chi connectivity index (χ2n) is 3.27. The minimum Gasteiger partial charge on any atom is -0.328 e. The number of thioether (sulfide) groups is 1. The van der Waals surface area contributed by atoms with E-state index in [4.69, 9.17) is 23.2 Å². The fourth-order valence-electron chi connectivity index (χ4n) is 1.41. The lowest BCUT2D eigenvalue weighted by molar-refractivity contribution is -0.127. The zero-order valence-electron chi connectivity index (χ0n) is 7.87. The molecule has 1 aliphatic rings. The highest BCUT2D eigenvalue weighted by molar-refractivity contribution is 8.00. The van der Waals surface area contributed by atoms with Gasteiger partial charge < -0.3 is 4.90 Å². The van der Waals surface area contributed by atoms with Gasteiger partial charge in [0.05, 0.1) is 11.6 Å². The maximum absolute atomic E-state index is 11.4. The standard InChI is InChI=1S/C10H9Cl2NOS/c11-8-2-1-3-9(12)7(8)4-13-6-15-5-10(13)14/h1-3H,4-6H2. The summed E-state index contributed by atoms with van der Waals surface area (Å²) in [5.74, 6) is 1.43. The third-order valence-corrected chi connectivity index (χ3v) is 3.89. The molecule has 0 unspecified atom stereocenters. The molecule has 80 valence electrons. The molecule has 0 spiro atoms. The molecule has 0 aliphatic carbocycles. The van der Waals surface area contributed by atoms with E-state index >= 15 is 0 Å². The van der Waals surface area contributed by atoms with Gasteiger partial charge in [0.1, 0.15) is 0 Å². The highest BCUT2D eigenvalue weighted by Crippen LogP contribution is 2.27. The predicted octanol–water partition coefficient (Wildman–Crippen LogP) is 3.03. The molecule has 0 bridgehead atoms. The van der Waals surface area contributed by atoms with Crippen molar-refractivity contribution in [2.75, 3.05) is 11.6 Å². The first-order chi connectivity index (χ1) is 7.18. The van der Waals surface area contributed by atoms with E-state index in [-0.39, 0.29) is 5.91 Å². The van der Waals surface area contributed by atoms with Gasteiger partial charge in [-0.1, -0.05) is 29.3 Å². The Morgan fingerprint density at radius 3 is 2.53 bits per heavy atom. The number of hydrogen-bond acceptors (Lipinski definition) is 2. The zero-order valence-corrected chi connectivity index (χ0v) is 10.2. The monoisotopic (exact) mass is 261 g/mol. The Morgan fingerprint density at radius 2 is 2.00 bits per heavy atom. The number of halogens is 2. The van der Waals surface area contributed by atoms with E-state index in [0.29, 0.717) is 22.3 Å². The van der Waals surface area contributed by atoms with Crippen LogP contribution in [0.3, 0.4) is 0 Å². The van der Waals surface area contributed by atoms with E-state index in [2.05, 4.69) is 0 Å². The van der Waals surface area contributed by atoms with Crippen LogP contribution in [0.25, 0.3) is 0 Å². The lowest BCUT2D eigenvalue weighted by atomic mass is 10.2. The van der Waals surface area contributed by atoms with Crippen molar-refractivity contribution < 1.29 is 4.79 Å². The summed E-state index contributed by atoms with van der Waals surface area (Å²) in [6, 6.07) is 5.38. The van der Waals surface area contributed by atoms with Crippen molar-refractivity contribution in [3.8, 4) is 0 Å². The number of rotatable bonds is 2. The molecule has 1 aromatic carbocycles. The first kappa shape index (κ1) is 11.1. The van der Waals surface area contributed by atoms with E-state index in [1.807, 2.05) is 0 Å². The maximum Gasteiger partial charge on any atom is 0.233 e. The minimum absolute atomic E-state index is 0.149. The average molecular weight is 262 g/mol. The molecule has 1 aromatic rings. The summed E-state index contributed by atoms with van der Waals surface area (Å²) < 4.78 is 0. The predicted molar refractivity (Wildman–Crippen MR) is 64.3 cm³/mol. The van der Waals surface area contributed by atoms with E-state index in [1.54, 1.807) is 34.9 Å². The van der Waals surface area contributed by atoms with Gasteiger partial charge in [-0.05, 0) is 12.1 Å². The van der Waals surface area contributed by atoms with Gasteiger partial charge >= 0.3 is 0 Å². The molecule has 1 amide bonds. The normalized spacial score (nSPS) is 16.1. The summed E-state index contributed by atoms with van der Waals surface area (Å²) >= 11 is 13.7. The lowest BCUT2D eigenvalue weighted by Gasteiger charge is -2.16. The quantitative estimate of drug-likeness (QED) is 0.816. The molecular formula is C10H9Cl2NOS. The molecular weight excluding hydrogens is 253 g/mol. The number of carbonyl (C=O) groups is 1. The van der Waals surface area contributed by atoms with Gasteiger partial charge in [-0.15, -0.1) is 11.8 Å². The summed E-state index contributed by atoms with van der Waals surface area (Å²) in [5, 5.41) is 1.24. The molecule has 0 saturated carbocycles. The van der Waals surface area contributed by atoms with E-state index < -0.39 is 0 Å². The van der Waals surface area contributed by atoms with E-state index in [9.17, 15) is 4.79 Å². The Labute approximate surface area is 103 Å². The molecule has 0 N–H and O–H groups in total. The van der Waals surface area contributed by atoms with Crippen LogP contribution in [-0.4, -0.2) is 22.4 Å². The maximum atomic E-state index is 11.4. The van der Waals surface area contributed by atoms with Crippen LogP contribution in [0.1, 0.15) is 5.56 Å². The molecule has 5 heteroatoms. The Hall–Kier alpha value is -0.380. The Balaban J connectivity index is 2.20. The van der Waals surface area contributed by atoms with Crippen LogP contribution >= 0.6 is 35.0 Å². The first-order valence-electron chi connectivity index (χ1n) is 4.47. The number of benzene rings is 1. The van der Waals surface area contributed by atoms with Gasteiger partial charge in [0, 0.05) is 22.2 Å². The largest absolute Gasteiger partial charge is 0.328 e. The van der Waals surface area contributed by atoms with Crippen molar-refractivity contribution in [1.29, 1.82) is 0 Å². The summed E-state index contributed by atoms with van der Waals surface area (Å²) in [4.78, 5) is 13.2. The van der Waals surface area contributed by atoms with Gasteiger partial charge in [0.25, 0.3) is 0 Å². The smallest absolute Gasteiger partial charge is 0.233 e. The summed E-state index contributed by atoms with van der Waals surface area (Å²) in [6.07, 6.45) is 0. The fraction of sp³-hybridized carbons (Fsp3) is 0.300. The van der Waals surface area contributed by atoms with Gasteiger partial charge in [0.15, 0.2) is 0 Å². The topological polar surface area (TPSA) is 20.3 Å². The van der Waals surface area contributed by atoms with Crippen molar-refractivity contribution in [3.05, 3.63) is 33.8 Å². The molecule has 0 radical (unpaired) electrons. The second kappa shape index (κ2) is 4.64. The molecule has 1 heterocycles. The molecule has 0 atom stereocenters. The average Bonchev–Trinajstić information content (AvgIpc) is 2.58. The number of nitrogens with zero attached hydrogens (tertiary/aromatic N) is 1. The third-order valence-electron chi connectivity index (χ3n) is 2.24. The molecule has 1 fully saturated rings. The lowest BCUT2D eigenvalue weighted by Crippen LogP contribution is -2.25. The number of carbonyl (C=O) groups excluding carboxylic acids is 1. The molecule has 2 rings (SSSR count). The summed E-state index contributed by atoms with van der Waals surface area (Å²) in [6.45, 7) is 0.504. The SMILES string of the molecule is O=C1CSCN1Cc1c(Cl)cccc1Cl. The van der Waals surface area contributed by atoms with Crippen LogP contribution in [-0.2, 0) is 11.3 Å². The summed E-state index contributed by atoms with van der Waals surface area (Å²) in [5.41, 5.74) is 0.830. The zero-order chi connectivity index (χ0) is 10.8. The fourth-order valence-corrected chi connectivity index (χ4v) is 2.84. The molecule has 0 aromatic heterocycles. The van der Waals surface area contributed by atoms with Crippen molar-refractivity contribution in [3.63, 3.8) is 0 Å². The Kier molecular flexibility index (Phi) is 3.44. The van der Waals surface area contributed by atoms with Crippen molar-refractivity contribution in [2.24, 2.45) is 0 Å². The van der Waals surface area contributed by atoms with Gasteiger partial charge in [0.2, 0.25) is 5.91 Å². The Bertz CT molecular complexity index is 377. The van der Waals surface area contributed by atoms with E-state index in [0.717, 1.165) is 11.4 Å². The first-order valence-corrected chi connectivity index (χ1v) is 6.38. The number of hydrogen-bond donors (Lipinski definition) is 0. The highest BCUT2D eigenvalue weighted by Gasteiger charge is 2.22. The van der Waals surface area contributed by atoms with Crippen molar-refractivity contribution in [1.82, 2.24) is 4.90 Å². The van der Waals surface area contributed by atoms with Crippen LogP contribution < -0.4 is 0 Å². The second-order valence-corrected chi connectivity index (χ2v) is 5.04. The van der Waals surface area contributed by atoms with Crippen LogP contribution in [0.4, 0.5) is 0 Å².